The maximum Gasteiger partial charge on any atom is 0.359 e. The summed E-state index contributed by atoms with van der Waals surface area (Å²) in [4.78, 5) is 15.4. The number of allylic oxidation sites excluding steroid dienone is 1. The number of piperidine rings is 1. The Morgan fingerprint density at radius 3 is 2.79 bits per heavy atom. The van der Waals surface area contributed by atoms with Crippen LogP contribution in [0.4, 0.5) is 0 Å². The molecule has 3 aliphatic rings. The number of rotatable bonds is 2. The molecule has 1 aromatic heterocycles. The van der Waals surface area contributed by atoms with Crippen LogP contribution in [0.1, 0.15) is 56.8 Å². The summed E-state index contributed by atoms with van der Waals surface area (Å²) in [6, 6.07) is 8.45. The summed E-state index contributed by atoms with van der Waals surface area (Å²) >= 11 is 0. The molecule has 5 nitrogen and oxygen atoms in total. The van der Waals surface area contributed by atoms with Gasteiger partial charge in [-0.15, -0.1) is 6.58 Å². The molecule has 0 amide bonds. The van der Waals surface area contributed by atoms with Crippen molar-refractivity contribution in [3.8, 4) is 0 Å². The molecule has 5 rings (SSSR count). The number of carbonyl (C=O) groups is 1. The van der Waals surface area contributed by atoms with E-state index < -0.39 is 11.7 Å². The third kappa shape index (κ3) is 2.71. The number of methoxy groups -OCH3 is 1. The zero-order valence-electron chi connectivity index (χ0n) is 17.8. The van der Waals surface area contributed by atoms with E-state index >= 15 is 0 Å². The second-order valence-corrected chi connectivity index (χ2v) is 8.62. The van der Waals surface area contributed by atoms with Crippen LogP contribution in [0.25, 0.3) is 10.9 Å². The Morgan fingerprint density at radius 1 is 1.38 bits per heavy atom. The first-order valence-corrected chi connectivity index (χ1v) is 10.7. The van der Waals surface area contributed by atoms with Gasteiger partial charge in [0.05, 0.1) is 18.7 Å². The van der Waals surface area contributed by atoms with Crippen molar-refractivity contribution in [3.05, 3.63) is 48.2 Å². The Morgan fingerprint density at radius 2 is 2.10 bits per heavy atom. The topological polar surface area (TPSA) is 54.7 Å². The number of esters is 1. The van der Waals surface area contributed by atoms with Gasteiger partial charge in [0, 0.05) is 24.0 Å². The van der Waals surface area contributed by atoms with E-state index in [2.05, 4.69) is 24.5 Å². The fraction of sp³-hybridized carbons (Fsp3) is 0.542. The number of fused-ring (bicyclic) bond motifs is 3. The predicted octanol–water partition coefficient (Wildman–Crippen LogP) is 4.14. The molecular formula is C24H32N2O3. The zero-order valence-corrected chi connectivity index (χ0v) is 17.8. The van der Waals surface area contributed by atoms with Crippen LogP contribution in [0.15, 0.2) is 36.9 Å². The average molecular weight is 397 g/mol. The molecule has 0 spiro atoms. The molecule has 2 aromatic rings. The predicted molar refractivity (Wildman–Crippen MR) is 115 cm³/mol. The van der Waals surface area contributed by atoms with E-state index in [0.29, 0.717) is 6.42 Å². The fourth-order valence-corrected chi connectivity index (χ4v) is 6.10. The summed E-state index contributed by atoms with van der Waals surface area (Å²) in [6.07, 6.45) is 6.27. The van der Waals surface area contributed by atoms with Crippen molar-refractivity contribution in [2.75, 3.05) is 20.2 Å². The van der Waals surface area contributed by atoms with Crippen LogP contribution in [-0.4, -0.2) is 40.7 Å². The number of ether oxygens (including phenoxy) is 1. The molecule has 1 N–H and O–H groups in total. The van der Waals surface area contributed by atoms with Crippen molar-refractivity contribution in [2.24, 2.45) is 5.41 Å². The van der Waals surface area contributed by atoms with Gasteiger partial charge in [-0.3, -0.25) is 4.90 Å². The molecule has 1 fully saturated rings. The lowest BCUT2D eigenvalue weighted by Crippen LogP contribution is -2.60. The number of nitrogens with zero attached hydrogens (tertiary/aromatic N) is 2. The number of carbonyl (C=O) groups excluding carboxylic acids is 1. The highest BCUT2D eigenvalue weighted by atomic mass is 16.5. The van der Waals surface area contributed by atoms with Gasteiger partial charge in [-0.2, -0.15) is 0 Å². The average Bonchev–Trinajstić information content (AvgIpc) is 3.09. The Balaban J connectivity index is 0.000000645. The van der Waals surface area contributed by atoms with Crippen molar-refractivity contribution in [1.82, 2.24) is 9.47 Å². The highest BCUT2D eigenvalue weighted by Crippen LogP contribution is 2.60. The minimum atomic E-state index is -1.63. The standard InChI is InChI=1S/C21H26N2O3.C3H6/c1-3-20-10-6-11-22-12-9-15-14-7-4-5-8-16(14)23(17(15)18(20)22)21(25,13-20)19(24)26-2;1-3-2/h4-5,7-8,18,25H,3,6,9-13H2,1-2H3;3H,1H2,2H3/t18-,20+,21+;/m1./s1. The first-order chi connectivity index (χ1) is 14.0. The van der Waals surface area contributed by atoms with Crippen LogP contribution >= 0.6 is 0 Å². The van der Waals surface area contributed by atoms with Crippen LogP contribution in [0.3, 0.4) is 0 Å². The molecule has 1 saturated heterocycles. The first kappa shape index (κ1) is 20.2. The summed E-state index contributed by atoms with van der Waals surface area (Å²) in [5.74, 6) is -0.546. The van der Waals surface area contributed by atoms with Gasteiger partial charge in [0.1, 0.15) is 0 Å². The van der Waals surface area contributed by atoms with Gasteiger partial charge in [0.15, 0.2) is 0 Å². The molecule has 156 valence electrons. The molecule has 5 heteroatoms. The molecule has 29 heavy (non-hydrogen) atoms. The number of hydrogen-bond donors (Lipinski definition) is 1. The van der Waals surface area contributed by atoms with Crippen LogP contribution < -0.4 is 0 Å². The summed E-state index contributed by atoms with van der Waals surface area (Å²) < 4.78 is 7.01. The molecule has 3 atom stereocenters. The number of benzene rings is 1. The van der Waals surface area contributed by atoms with Crippen LogP contribution in [0.5, 0.6) is 0 Å². The molecule has 0 saturated carbocycles. The monoisotopic (exact) mass is 396 g/mol. The van der Waals surface area contributed by atoms with Gasteiger partial charge in [0.2, 0.25) is 5.72 Å². The lowest BCUT2D eigenvalue weighted by molar-refractivity contribution is -0.194. The van der Waals surface area contributed by atoms with E-state index in [1.165, 1.54) is 18.1 Å². The molecule has 4 heterocycles. The number of aromatic nitrogens is 1. The second-order valence-electron chi connectivity index (χ2n) is 8.62. The van der Waals surface area contributed by atoms with Gasteiger partial charge in [-0.05, 0) is 56.2 Å². The highest BCUT2D eigenvalue weighted by molar-refractivity contribution is 5.90. The Bertz CT molecular complexity index is 949. The number of hydrogen-bond acceptors (Lipinski definition) is 4. The first-order valence-electron chi connectivity index (χ1n) is 10.7. The van der Waals surface area contributed by atoms with Crippen molar-refractivity contribution < 1.29 is 14.6 Å². The lowest BCUT2D eigenvalue weighted by Gasteiger charge is -2.57. The van der Waals surface area contributed by atoms with E-state index in [-0.39, 0.29) is 11.5 Å². The van der Waals surface area contributed by atoms with Crippen molar-refractivity contribution >= 4 is 16.9 Å². The van der Waals surface area contributed by atoms with E-state index in [9.17, 15) is 9.90 Å². The SMILES string of the molecule is C=CC.CC[C@]12CCCN3CCc4c(n(c5ccccc45)[C@@](O)(C(=O)OC)C1)[C@@H]32. The Kier molecular flexibility index (Phi) is 5.07. The minimum Gasteiger partial charge on any atom is -0.465 e. The Labute approximate surface area is 172 Å². The van der Waals surface area contributed by atoms with Gasteiger partial charge in [-0.25, -0.2) is 4.79 Å². The van der Waals surface area contributed by atoms with Crippen LogP contribution in [-0.2, 0) is 21.7 Å². The van der Waals surface area contributed by atoms with E-state index in [0.717, 1.165) is 50.0 Å². The van der Waals surface area contributed by atoms with Crippen LogP contribution in [0, 0.1) is 5.41 Å². The Hall–Kier alpha value is -2.11. The van der Waals surface area contributed by atoms with Crippen molar-refractivity contribution in [1.29, 1.82) is 0 Å². The summed E-state index contributed by atoms with van der Waals surface area (Å²) in [6.45, 7) is 9.61. The lowest BCUT2D eigenvalue weighted by atomic mass is 9.62. The third-order valence-electron chi connectivity index (χ3n) is 7.18. The minimum absolute atomic E-state index is 0.0826. The van der Waals surface area contributed by atoms with Crippen molar-refractivity contribution in [2.45, 2.75) is 57.7 Å². The van der Waals surface area contributed by atoms with Gasteiger partial charge in [0.25, 0.3) is 0 Å². The molecule has 0 radical (unpaired) electrons. The maximum atomic E-state index is 12.8. The summed E-state index contributed by atoms with van der Waals surface area (Å²) in [5.41, 5.74) is 1.69. The number of para-hydroxylation sites is 1. The number of aliphatic hydroxyl groups is 1. The van der Waals surface area contributed by atoms with E-state index in [4.69, 9.17) is 4.74 Å². The van der Waals surface area contributed by atoms with Gasteiger partial charge >= 0.3 is 5.97 Å². The molecule has 0 bridgehead atoms. The van der Waals surface area contributed by atoms with E-state index in [1.54, 1.807) is 6.08 Å². The van der Waals surface area contributed by atoms with Crippen molar-refractivity contribution in [3.63, 3.8) is 0 Å². The molecular weight excluding hydrogens is 364 g/mol. The quantitative estimate of drug-likeness (QED) is 0.612. The maximum absolute atomic E-state index is 12.8. The second kappa shape index (κ2) is 7.29. The molecule has 1 aromatic carbocycles. The highest BCUT2D eigenvalue weighted by Gasteiger charge is 2.60. The summed E-state index contributed by atoms with van der Waals surface area (Å²) in [7, 11) is 1.37. The third-order valence-corrected chi connectivity index (χ3v) is 7.18. The van der Waals surface area contributed by atoms with Gasteiger partial charge in [-0.1, -0.05) is 31.2 Å². The summed E-state index contributed by atoms with van der Waals surface area (Å²) in [5, 5.41) is 12.9. The van der Waals surface area contributed by atoms with Gasteiger partial charge < -0.3 is 14.4 Å². The van der Waals surface area contributed by atoms with E-state index in [1.807, 2.05) is 29.7 Å². The fourth-order valence-electron chi connectivity index (χ4n) is 6.10. The smallest absolute Gasteiger partial charge is 0.359 e. The molecule has 0 aliphatic carbocycles. The molecule has 0 unspecified atom stereocenters. The molecule has 3 aliphatic heterocycles. The normalized spacial score (nSPS) is 30.1. The largest absolute Gasteiger partial charge is 0.465 e. The zero-order chi connectivity index (χ0) is 20.8. The van der Waals surface area contributed by atoms with Crippen LogP contribution in [0.2, 0.25) is 0 Å².